The number of benzene rings is 4. The fourth-order valence-electron chi connectivity index (χ4n) is 6.48. The van der Waals surface area contributed by atoms with E-state index < -0.39 is 11.5 Å². The maximum atomic E-state index is 6.59. The molecule has 2 unspecified atom stereocenters. The summed E-state index contributed by atoms with van der Waals surface area (Å²) in [6.45, 7) is 0. The number of rotatable bonds is 9. The van der Waals surface area contributed by atoms with Crippen molar-refractivity contribution in [2.75, 3.05) is 48.0 Å². The molecule has 4 aromatic carbocycles. The average molecular weight is 594 g/mol. The van der Waals surface area contributed by atoms with Gasteiger partial charge in [-0.05, 0) is 29.8 Å². The van der Waals surface area contributed by atoms with Crippen LogP contribution in [0.15, 0.2) is 108 Å². The Morgan fingerprint density at radius 3 is 2.05 bits per heavy atom. The molecule has 0 bridgehead atoms. The molecular weight excluding hydrogens is 558 g/mol. The van der Waals surface area contributed by atoms with Crippen molar-refractivity contribution in [3.8, 4) is 23.0 Å². The Morgan fingerprint density at radius 2 is 1.36 bits per heavy atom. The van der Waals surface area contributed by atoms with E-state index in [0.29, 0.717) is 34.5 Å². The van der Waals surface area contributed by atoms with E-state index in [1.165, 1.54) is 0 Å². The van der Waals surface area contributed by atoms with Crippen molar-refractivity contribution >= 4 is 16.9 Å². The summed E-state index contributed by atoms with van der Waals surface area (Å²) in [4.78, 5) is 0. The fraction of sp³-hybridized carbons (Fsp3) is 0.222. The topological polar surface area (TPSA) is 76.6 Å². The van der Waals surface area contributed by atoms with Crippen LogP contribution >= 0.6 is 0 Å². The van der Waals surface area contributed by atoms with Crippen LogP contribution in [0.4, 0.5) is 11.4 Å². The van der Waals surface area contributed by atoms with Crippen LogP contribution in [0.2, 0.25) is 0 Å². The number of para-hydroxylation sites is 3. The molecule has 8 nitrogen and oxygen atoms in total. The van der Waals surface area contributed by atoms with Gasteiger partial charge in [0.05, 0.1) is 46.9 Å². The molecule has 2 atom stereocenters. The van der Waals surface area contributed by atoms with Gasteiger partial charge in [-0.1, -0.05) is 60.7 Å². The lowest BCUT2D eigenvalue weighted by molar-refractivity contribution is 0.0565. The van der Waals surface area contributed by atoms with Gasteiger partial charge in [0, 0.05) is 29.9 Å². The van der Waals surface area contributed by atoms with Gasteiger partial charge in [-0.2, -0.15) is 0 Å². The lowest BCUT2D eigenvalue weighted by atomic mass is 9.62. The second-order valence-corrected chi connectivity index (χ2v) is 10.3. The molecule has 0 aromatic heterocycles. The lowest BCUT2D eigenvalue weighted by Crippen LogP contribution is -2.49. The Labute approximate surface area is 257 Å². The largest absolute Gasteiger partial charge is 0.497 e. The van der Waals surface area contributed by atoms with Gasteiger partial charge in [-0.15, -0.1) is 0 Å². The van der Waals surface area contributed by atoms with Gasteiger partial charge >= 0.3 is 0 Å². The summed E-state index contributed by atoms with van der Waals surface area (Å²) in [6.07, 6.45) is -0.707. The summed E-state index contributed by atoms with van der Waals surface area (Å²) in [7, 11) is 9.80. The van der Waals surface area contributed by atoms with E-state index in [-0.39, 0.29) is 0 Å². The van der Waals surface area contributed by atoms with Crippen LogP contribution in [0.1, 0.15) is 16.7 Å². The third kappa shape index (κ3) is 4.33. The highest BCUT2D eigenvalue weighted by molar-refractivity contribution is 5.86. The molecule has 0 radical (unpaired) electrons. The summed E-state index contributed by atoms with van der Waals surface area (Å²) in [5.74, 6) is 3.99. The third-order valence-electron chi connectivity index (χ3n) is 8.25. The highest BCUT2D eigenvalue weighted by atomic mass is 16.5. The minimum absolute atomic E-state index is 0.426. The van der Waals surface area contributed by atoms with Gasteiger partial charge in [0.2, 0.25) is 5.76 Å². The number of fused-ring (bicyclic) bond motifs is 2. The average Bonchev–Trinajstić information content (AvgIpc) is 3.09. The first kappa shape index (κ1) is 29.0. The van der Waals surface area contributed by atoms with Crippen molar-refractivity contribution in [1.29, 1.82) is 0 Å². The van der Waals surface area contributed by atoms with Crippen molar-refractivity contribution in [3.05, 3.63) is 125 Å². The molecule has 8 heteroatoms. The number of hydrogen-bond donors (Lipinski definition) is 1. The first-order valence-corrected chi connectivity index (χ1v) is 14.2. The zero-order valence-electron chi connectivity index (χ0n) is 25.6. The van der Waals surface area contributed by atoms with Crippen molar-refractivity contribution in [2.45, 2.75) is 11.5 Å². The minimum Gasteiger partial charge on any atom is -0.497 e. The quantitative estimate of drug-likeness (QED) is 0.189. The number of anilines is 2. The Bertz CT molecular complexity index is 1750. The molecule has 0 saturated heterocycles. The van der Waals surface area contributed by atoms with Crippen LogP contribution in [0.3, 0.4) is 0 Å². The monoisotopic (exact) mass is 593 g/mol. The zero-order chi connectivity index (χ0) is 30.8. The van der Waals surface area contributed by atoms with Gasteiger partial charge in [-0.3, -0.25) is 0 Å². The van der Waals surface area contributed by atoms with E-state index in [9.17, 15) is 0 Å². The van der Waals surface area contributed by atoms with Gasteiger partial charge in [0.15, 0.2) is 23.0 Å². The van der Waals surface area contributed by atoms with Crippen molar-refractivity contribution in [2.24, 2.45) is 0 Å². The summed E-state index contributed by atoms with van der Waals surface area (Å²) in [5.41, 5.74) is 3.64. The predicted molar refractivity (Wildman–Crippen MR) is 169 cm³/mol. The van der Waals surface area contributed by atoms with Gasteiger partial charge in [0.25, 0.3) is 0 Å². The summed E-state index contributed by atoms with van der Waals surface area (Å²) in [6, 6.07) is 29.5. The third-order valence-corrected chi connectivity index (χ3v) is 8.25. The van der Waals surface area contributed by atoms with Crippen molar-refractivity contribution in [3.63, 3.8) is 0 Å². The molecule has 44 heavy (non-hydrogen) atoms. The summed E-state index contributed by atoms with van der Waals surface area (Å²) < 4.78 is 43.4. The highest BCUT2D eigenvalue weighted by Crippen LogP contribution is 2.59. The van der Waals surface area contributed by atoms with Crippen molar-refractivity contribution < 1.29 is 33.2 Å². The van der Waals surface area contributed by atoms with Crippen LogP contribution in [-0.2, 0) is 24.4 Å². The maximum absolute atomic E-state index is 6.59. The Hall–Kier alpha value is -5.08. The SMILES string of the molecule is COC1=C(c2ccccc2)C(OC)C(c2ccc(OC)cc2OC)(c2cccc3c2Nc2ccccc2O3)C(OC)=C1OC. The Balaban J connectivity index is 1.79. The van der Waals surface area contributed by atoms with Crippen LogP contribution in [0.5, 0.6) is 23.0 Å². The molecule has 2 aliphatic rings. The van der Waals surface area contributed by atoms with Gasteiger partial charge < -0.3 is 38.5 Å². The lowest BCUT2D eigenvalue weighted by Gasteiger charge is -2.47. The Morgan fingerprint density at radius 1 is 0.636 bits per heavy atom. The van der Waals surface area contributed by atoms with Gasteiger partial charge in [-0.25, -0.2) is 0 Å². The van der Waals surface area contributed by atoms with E-state index in [4.69, 9.17) is 33.2 Å². The van der Waals surface area contributed by atoms with Crippen molar-refractivity contribution in [1.82, 2.24) is 0 Å². The molecule has 0 spiro atoms. The molecule has 6 rings (SSSR count). The number of hydrogen-bond acceptors (Lipinski definition) is 8. The van der Waals surface area contributed by atoms with Crippen LogP contribution in [0, 0.1) is 0 Å². The second-order valence-electron chi connectivity index (χ2n) is 10.3. The van der Waals surface area contributed by atoms with Crippen LogP contribution in [0.25, 0.3) is 5.57 Å². The smallest absolute Gasteiger partial charge is 0.200 e. The van der Waals surface area contributed by atoms with Gasteiger partial charge in [0.1, 0.15) is 23.0 Å². The summed E-state index contributed by atoms with van der Waals surface area (Å²) >= 11 is 0. The molecule has 1 N–H and O–H groups in total. The molecule has 0 amide bonds. The molecule has 1 aliphatic carbocycles. The van der Waals surface area contributed by atoms with Crippen LogP contribution in [-0.4, -0.2) is 48.8 Å². The molecule has 4 aromatic rings. The normalized spacial score (nSPS) is 18.8. The highest BCUT2D eigenvalue weighted by Gasteiger charge is 2.58. The predicted octanol–water partition coefficient (Wildman–Crippen LogP) is 7.43. The number of ether oxygens (including phenoxy) is 7. The number of methoxy groups -OCH3 is 6. The molecule has 1 aliphatic heterocycles. The minimum atomic E-state index is -1.20. The standard InChI is InChI=1S/C36H35NO7/c1-38-23-19-20-24(29(21-23)39-2)36(25-15-12-18-28-31(25)37-26-16-10-11-17-27(26)44-28)34(42-5)30(22-13-8-7-9-14-22)32(40-3)33(41-4)35(36)43-6/h7-21,34,37H,1-6H3. The number of nitrogens with one attached hydrogen (secondary N) is 1. The molecular formula is C36H35NO7. The van der Waals surface area contributed by atoms with E-state index in [2.05, 4.69) is 5.32 Å². The van der Waals surface area contributed by atoms with E-state index in [1.807, 2.05) is 91.0 Å². The fourth-order valence-corrected chi connectivity index (χ4v) is 6.48. The van der Waals surface area contributed by atoms with E-state index in [1.54, 1.807) is 42.7 Å². The maximum Gasteiger partial charge on any atom is 0.200 e. The molecule has 226 valence electrons. The van der Waals surface area contributed by atoms with E-state index in [0.717, 1.165) is 39.4 Å². The molecule has 0 saturated carbocycles. The second kappa shape index (κ2) is 11.9. The zero-order valence-corrected chi connectivity index (χ0v) is 25.6. The first-order valence-electron chi connectivity index (χ1n) is 14.2. The Kier molecular flexibility index (Phi) is 7.84. The summed E-state index contributed by atoms with van der Waals surface area (Å²) in [5, 5.41) is 3.65. The molecule has 0 fully saturated rings. The van der Waals surface area contributed by atoms with E-state index >= 15 is 0 Å². The molecule has 1 heterocycles. The van der Waals surface area contributed by atoms with Crippen LogP contribution < -0.4 is 19.5 Å². The first-order chi connectivity index (χ1) is 21.6.